The van der Waals surface area contributed by atoms with Gasteiger partial charge in [0.25, 0.3) is 0 Å². The van der Waals surface area contributed by atoms with E-state index in [2.05, 4.69) is 36.9 Å². The zero-order chi connectivity index (χ0) is 10.8. The number of nitrogens with zero attached hydrogens (tertiary/aromatic N) is 3. The second-order valence-corrected chi connectivity index (χ2v) is 7.60. The molecule has 0 bridgehead atoms. The van der Waals surface area contributed by atoms with Gasteiger partial charge in [0.05, 0.1) is 16.3 Å². The first kappa shape index (κ1) is 11.8. The fourth-order valence-electron chi connectivity index (χ4n) is 0.838. The van der Waals surface area contributed by atoms with E-state index in [4.69, 9.17) is 0 Å². The van der Waals surface area contributed by atoms with E-state index in [9.17, 15) is 4.21 Å². The van der Waals surface area contributed by atoms with Crippen LogP contribution in [-0.2, 0) is 9.73 Å². The van der Waals surface area contributed by atoms with Crippen molar-refractivity contribution in [3.05, 3.63) is 18.2 Å². The van der Waals surface area contributed by atoms with Gasteiger partial charge >= 0.3 is 0 Å². The SMILES string of the molecule is CC(I)c1ncc(N=S(C)(C)=O)cn1. The van der Waals surface area contributed by atoms with Crippen LogP contribution in [0.3, 0.4) is 0 Å². The van der Waals surface area contributed by atoms with E-state index >= 15 is 0 Å². The molecule has 0 radical (unpaired) electrons. The fourth-order valence-corrected chi connectivity index (χ4v) is 1.76. The Bertz CT molecular complexity index is 413. The molecule has 78 valence electrons. The predicted molar refractivity (Wildman–Crippen MR) is 66.5 cm³/mol. The van der Waals surface area contributed by atoms with Gasteiger partial charge in [0, 0.05) is 22.2 Å². The molecule has 6 heteroatoms. The highest BCUT2D eigenvalue weighted by Gasteiger charge is 2.03. The second-order valence-electron chi connectivity index (χ2n) is 3.19. The van der Waals surface area contributed by atoms with Crippen LogP contribution in [0, 0.1) is 0 Å². The smallest absolute Gasteiger partial charge is 0.140 e. The minimum atomic E-state index is -2.12. The molecule has 1 atom stereocenters. The van der Waals surface area contributed by atoms with Crippen LogP contribution in [0.5, 0.6) is 0 Å². The molecule has 1 aromatic heterocycles. The third kappa shape index (κ3) is 3.87. The summed E-state index contributed by atoms with van der Waals surface area (Å²) in [7, 11) is -2.12. The molecule has 0 aliphatic carbocycles. The van der Waals surface area contributed by atoms with Gasteiger partial charge in [-0.3, -0.25) is 0 Å². The molecule has 1 aromatic rings. The Balaban J connectivity index is 3.01. The van der Waals surface area contributed by atoms with Crippen molar-refractivity contribution in [1.29, 1.82) is 0 Å². The topological polar surface area (TPSA) is 55.2 Å². The lowest BCUT2D eigenvalue weighted by atomic mass is 10.4. The third-order valence-corrected chi connectivity index (χ3v) is 2.55. The lowest BCUT2D eigenvalue weighted by Crippen LogP contribution is -1.94. The third-order valence-electron chi connectivity index (χ3n) is 1.34. The van der Waals surface area contributed by atoms with Gasteiger partial charge in [-0.25, -0.2) is 14.2 Å². The van der Waals surface area contributed by atoms with E-state index in [0.29, 0.717) is 5.69 Å². The summed E-state index contributed by atoms with van der Waals surface area (Å²) in [6, 6.07) is 0. The molecule has 1 unspecified atom stereocenters. The van der Waals surface area contributed by atoms with E-state index in [1.807, 2.05) is 6.92 Å². The van der Waals surface area contributed by atoms with Gasteiger partial charge in [-0.2, -0.15) is 4.36 Å². The van der Waals surface area contributed by atoms with Crippen molar-refractivity contribution in [2.75, 3.05) is 12.5 Å². The zero-order valence-electron chi connectivity index (χ0n) is 8.27. The van der Waals surface area contributed by atoms with Gasteiger partial charge in [-0.05, 0) is 6.92 Å². The molecule has 0 aliphatic heterocycles. The van der Waals surface area contributed by atoms with Gasteiger partial charge < -0.3 is 0 Å². The van der Waals surface area contributed by atoms with Gasteiger partial charge in [0.15, 0.2) is 0 Å². The van der Waals surface area contributed by atoms with Crippen LogP contribution in [0.2, 0.25) is 0 Å². The van der Waals surface area contributed by atoms with Gasteiger partial charge in [-0.1, -0.05) is 22.6 Å². The first-order valence-corrected chi connectivity index (χ1v) is 7.59. The molecule has 0 saturated carbocycles. The molecule has 4 nitrogen and oxygen atoms in total. The standard InChI is InChI=1S/C8H12IN3OS/c1-6(9)8-10-4-7(5-11-8)12-14(2,3)13/h4-6H,1-3H3. The Hall–Kier alpha value is -0.240. The normalized spacial score (nSPS) is 13.7. The Morgan fingerprint density at radius 3 is 2.29 bits per heavy atom. The highest BCUT2D eigenvalue weighted by molar-refractivity contribution is 14.1. The van der Waals surface area contributed by atoms with Gasteiger partial charge in [0.2, 0.25) is 0 Å². The molecule has 0 saturated heterocycles. The predicted octanol–water partition coefficient (Wildman–Crippen LogP) is 2.33. The van der Waals surface area contributed by atoms with Crippen LogP contribution in [0.4, 0.5) is 5.69 Å². The van der Waals surface area contributed by atoms with E-state index in [1.54, 1.807) is 24.9 Å². The molecule has 14 heavy (non-hydrogen) atoms. The highest BCUT2D eigenvalue weighted by atomic mass is 127. The largest absolute Gasteiger partial charge is 0.250 e. The molecule has 0 amide bonds. The molecule has 1 rings (SSSR count). The number of rotatable bonds is 2. The Labute approximate surface area is 97.9 Å². The summed E-state index contributed by atoms with van der Waals surface area (Å²) in [5.74, 6) is 0.767. The summed E-state index contributed by atoms with van der Waals surface area (Å²) in [5, 5.41) is 0. The minimum Gasteiger partial charge on any atom is -0.250 e. The minimum absolute atomic E-state index is 0.272. The molecule has 0 N–H and O–H groups in total. The summed E-state index contributed by atoms with van der Waals surface area (Å²) in [6.45, 7) is 2.01. The van der Waals surface area contributed by atoms with Crippen LogP contribution in [-0.4, -0.2) is 26.7 Å². The average molecular weight is 325 g/mol. The first-order valence-electron chi connectivity index (χ1n) is 4.01. The van der Waals surface area contributed by atoms with Crippen molar-refractivity contribution in [3.63, 3.8) is 0 Å². The van der Waals surface area contributed by atoms with Crippen LogP contribution < -0.4 is 0 Å². The Morgan fingerprint density at radius 2 is 1.93 bits per heavy atom. The molecule has 0 aliphatic rings. The first-order chi connectivity index (χ1) is 6.38. The molecular weight excluding hydrogens is 313 g/mol. The lowest BCUT2D eigenvalue weighted by Gasteiger charge is -2.01. The molecule has 0 fully saturated rings. The van der Waals surface area contributed by atoms with Crippen molar-refractivity contribution in [2.24, 2.45) is 4.36 Å². The van der Waals surface area contributed by atoms with Gasteiger partial charge in [-0.15, -0.1) is 0 Å². The summed E-state index contributed by atoms with van der Waals surface area (Å²) in [6.07, 6.45) is 6.37. The van der Waals surface area contributed by atoms with E-state index in [0.717, 1.165) is 5.82 Å². The maximum Gasteiger partial charge on any atom is 0.140 e. The van der Waals surface area contributed by atoms with E-state index < -0.39 is 9.73 Å². The monoisotopic (exact) mass is 325 g/mol. The average Bonchev–Trinajstić information content (AvgIpc) is 2.02. The number of hydrogen-bond donors (Lipinski definition) is 0. The van der Waals surface area contributed by atoms with Crippen molar-refractivity contribution in [1.82, 2.24) is 9.97 Å². The van der Waals surface area contributed by atoms with Crippen molar-refractivity contribution >= 4 is 38.0 Å². The second kappa shape index (κ2) is 4.52. The lowest BCUT2D eigenvalue weighted by molar-refractivity contribution is 0.684. The Morgan fingerprint density at radius 1 is 1.43 bits per heavy atom. The summed E-state index contributed by atoms with van der Waals surface area (Å²) >= 11 is 2.24. The quantitative estimate of drug-likeness (QED) is 0.619. The molecule has 0 aromatic carbocycles. The van der Waals surface area contributed by atoms with Crippen LogP contribution >= 0.6 is 22.6 Å². The Kier molecular flexibility index (Phi) is 3.82. The number of alkyl halides is 1. The zero-order valence-corrected chi connectivity index (χ0v) is 11.2. The van der Waals surface area contributed by atoms with Crippen molar-refractivity contribution in [2.45, 2.75) is 10.8 Å². The summed E-state index contributed by atoms with van der Waals surface area (Å²) in [5.41, 5.74) is 0.570. The van der Waals surface area contributed by atoms with E-state index in [-0.39, 0.29) is 3.92 Å². The number of aromatic nitrogens is 2. The summed E-state index contributed by atoms with van der Waals surface area (Å²) < 4.78 is 15.6. The van der Waals surface area contributed by atoms with Crippen LogP contribution in [0.1, 0.15) is 16.7 Å². The van der Waals surface area contributed by atoms with Gasteiger partial charge in [0.1, 0.15) is 11.5 Å². The summed E-state index contributed by atoms with van der Waals surface area (Å²) in [4.78, 5) is 8.25. The number of hydrogen-bond acceptors (Lipinski definition) is 4. The van der Waals surface area contributed by atoms with Crippen LogP contribution in [0.25, 0.3) is 0 Å². The number of halogens is 1. The van der Waals surface area contributed by atoms with Crippen molar-refractivity contribution < 1.29 is 4.21 Å². The molecule has 1 heterocycles. The maximum atomic E-state index is 11.4. The van der Waals surface area contributed by atoms with Crippen molar-refractivity contribution in [3.8, 4) is 0 Å². The molecule has 0 spiro atoms. The van der Waals surface area contributed by atoms with E-state index in [1.165, 1.54) is 0 Å². The highest BCUT2D eigenvalue weighted by Crippen LogP contribution is 2.19. The van der Waals surface area contributed by atoms with Crippen LogP contribution in [0.15, 0.2) is 16.8 Å². The fraction of sp³-hybridized carbons (Fsp3) is 0.500. The maximum absolute atomic E-state index is 11.4. The molecular formula is C8H12IN3OS.